The van der Waals surface area contributed by atoms with Gasteiger partial charge in [0.2, 0.25) is 10.0 Å². The van der Waals surface area contributed by atoms with Crippen LogP contribution in [0.1, 0.15) is 13.8 Å². The highest BCUT2D eigenvalue weighted by molar-refractivity contribution is 9.10. The van der Waals surface area contributed by atoms with Crippen LogP contribution in [-0.4, -0.2) is 30.9 Å². The molecule has 0 unspecified atom stereocenters. The molecule has 6 nitrogen and oxygen atoms in total. The van der Waals surface area contributed by atoms with Crippen molar-refractivity contribution in [2.24, 2.45) is 5.84 Å². The Morgan fingerprint density at radius 2 is 2.16 bits per heavy atom. The first-order chi connectivity index (χ1) is 8.72. The fraction of sp³-hybridized carbons (Fsp3) is 0.500. The van der Waals surface area contributed by atoms with E-state index in [0.29, 0.717) is 11.0 Å². The number of hydrogen-bond acceptors (Lipinski definition) is 6. The molecule has 1 aromatic rings. The summed E-state index contributed by atoms with van der Waals surface area (Å²) >= 11 is 4.78. The van der Waals surface area contributed by atoms with Crippen LogP contribution in [0.15, 0.2) is 21.6 Å². The van der Waals surface area contributed by atoms with Gasteiger partial charge in [-0.15, -0.1) is 0 Å². The molecule has 1 aromatic heterocycles. The predicted octanol–water partition coefficient (Wildman–Crippen LogP) is 1.55. The average Bonchev–Trinajstić information content (AvgIpc) is 2.37. The molecule has 1 heterocycles. The van der Waals surface area contributed by atoms with Crippen LogP contribution in [-0.2, 0) is 10.0 Å². The monoisotopic (exact) mass is 368 g/mol. The average molecular weight is 369 g/mol. The van der Waals surface area contributed by atoms with Crippen LogP contribution in [0.2, 0.25) is 0 Å². The Balaban J connectivity index is 3.04. The molecule has 0 saturated carbocycles. The van der Waals surface area contributed by atoms with Gasteiger partial charge in [-0.3, -0.25) is 0 Å². The van der Waals surface area contributed by atoms with E-state index < -0.39 is 10.0 Å². The Morgan fingerprint density at radius 3 is 2.68 bits per heavy atom. The van der Waals surface area contributed by atoms with Crippen molar-refractivity contribution in [1.29, 1.82) is 0 Å². The highest BCUT2D eigenvalue weighted by Crippen LogP contribution is 2.24. The maximum absolute atomic E-state index is 12.2. The number of hydrogen-bond donors (Lipinski definition) is 3. The first kappa shape index (κ1) is 16.7. The summed E-state index contributed by atoms with van der Waals surface area (Å²) in [5, 5.41) is 0. The third-order valence-corrected chi connectivity index (χ3v) is 5.58. The fourth-order valence-corrected chi connectivity index (χ4v) is 3.30. The third kappa shape index (κ3) is 4.60. The van der Waals surface area contributed by atoms with Gasteiger partial charge in [0, 0.05) is 22.0 Å². The fourth-order valence-electron chi connectivity index (χ4n) is 1.15. The second-order valence-electron chi connectivity index (χ2n) is 4.43. The van der Waals surface area contributed by atoms with Crippen molar-refractivity contribution in [2.75, 3.05) is 18.2 Å². The Morgan fingerprint density at radius 1 is 1.53 bits per heavy atom. The summed E-state index contributed by atoms with van der Waals surface area (Å²) in [7, 11) is -3.67. The molecule has 0 atom stereocenters. The van der Waals surface area contributed by atoms with Crippen molar-refractivity contribution in [3.8, 4) is 0 Å². The second kappa shape index (κ2) is 6.40. The molecule has 1 rings (SSSR count). The van der Waals surface area contributed by atoms with Gasteiger partial charge in [-0.2, -0.15) is 11.8 Å². The van der Waals surface area contributed by atoms with E-state index in [4.69, 9.17) is 5.84 Å². The highest BCUT2D eigenvalue weighted by Gasteiger charge is 2.24. The number of nitrogen functional groups attached to an aromatic ring is 1. The molecule has 0 aliphatic carbocycles. The zero-order valence-electron chi connectivity index (χ0n) is 10.9. The van der Waals surface area contributed by atoms with Gasteiger partial charge in [0.15, 0.2) is 5.82 Å². The minimum atomic E-state index is -3.67. The van der Waals surface area contributed by atoms with E-state index in [0.717, 1.165) is 0 Å². The van der Waals surface area contributed by atoms with Gasteiger partial charge < -0.3 is 5.43 Å². The topological polar surface area (TPSA) is 97.1 Å². The smallest absolute Gasteiger partial charge is 0.244 e. The van der Waals surface area contributed by atoms with Crippen LogP contribution in [0.5, 0.6) is 0 Å². The summed E-state index contributed by atoms with van der Waals surface area (Å²) in [5.41, 5.74) is 2.28. The Kier molecular flexibility index (Phi) is 5.63. The van der Waals surface area contributed by atoms with Crippen LogP contribution in [0.3, 0.4) is 0 Å². The molecule has 0 aliphatic rings. The van der Waals surface area contributed by atoms with Crippen LogP contribution in [0, 0.1) is 0 Å². The molecule has 0 radical (unpaired) electrons. The van der Waals surface area contributed by atoms with Crippen LogP contribution < -0.4 is 16.0 Å². The van der Waals surface area contributed by atoms with Gasteiger partial charge >= 0.3 is 0 Å². The molecule has 0 spiro atoms. The number of sulfonamides is 1. The summed E-state index contributed by atoms with van der Waals surface area (Å²) < 4.78 is 27.4. The van der Waals surface area contributed by atoms with Crippen molar-refractivity contribution < 1.29 is 8.42 Å². The van der Waals surface area contributed by atoms with E-state index in [1.165, 1.54) is 12.3 Å². The Bertz CT molecular complexity index is 548. The lowest BCUT2D eigenvalue weighted by atomic mass is 10.2. The second-order valence-corrected chi connectivity index (χ2v) is 8.60. The van der Waals surface area contributed by atoms with Gasteiger partial charge in [0.05, 0.1) is 0 Å². The molecule has 0 aliphatic heterocycles. The lowest BCUT2D eigenvalue weighted by Gasteiger charge is -2.22. The molecule has 4 N–H and O–H groups in total. The van der Waals surface area contributed by atoms with E-state index in [2.05, 4.69) is 31.1 Å². The maximum atomic E-state index is 12.2. The molecule has 9 heteroatoms. The molecule has 0 aromatic carbocycles. The number of pyridine rings is 1. The molecular formula is C10H17BrN4O2S2. The summed E-state index contributed by atoms with van der Waals surface area (Å²) in [6, 6.07) is 1.45. The summed E-state index contributed by atoms with van der Waals surface area (Å²) in [6.45, 7) is 4.23. The van der Waals surface area contributed by atoms with Crippen molar-refractivity contribution in [3.05, 3.63) is 16.7 Å². The Hall–Kier alpha value is -0.350. The summed E-state index contributed by atoms with van der Waals surface area (Å²) in [5.74, 6) is 5.39. The molecule has 108 valence electrons. The molecule has 0 saturated heterocycles. The normalized spacial score (nSPS) is 12.5. The number of aromatic nitrogens is 1. The van der Waals surface area contributed by atoms with Crippen LogP contribution >= 0.6 is 27.7 Å². The summed E-state index contributed by atoms with van der Waals surface area (Å²) in [6.07, 6.45) is 3.40. The van der Waals surface area contributed by atoms with E-state index >= 15 is 0 Å². The quantitative estimate of drug-likeness (QED) is 0.520. The van der Waals surface area contributed by atoms with Gasteiger partial charge in [0.25, 0.3) is 0 Å². The number of rotatable bonds is 6. The molecule has 19 heavy (non-hydrogen) atoms. The molecule has 0 amide bonds. The SMILES string of the molecule is CSC(C)(C)CNS(=O)(=O)c1cc(Br)cnc1NN. The largest absolute Gasteiger partial charge is 0.307 e. The van der Waals surface area contributed by atoms with Crippen molar-refractivity contribution in [3.63, 3.8) is 0 Å². The maximum Gasteiger partial charge on any atom is 0.244 e. The van der Waals surface area contributed by atoms with Gasteiger partial charge in [-0.1, -0.05) is 0 Å². The number of nitrogens with zero attached hydrogens (tertiary/aromatic N) is 1. The number of thioether (sulfide) groups is 1. The van der Waals surface area contributed by atoms with E-state index in [9.17, 15) is 8.42 Å². The van der Waals surface area contributed by atoms with Crippen LogP contribution in [0.4, 0.5) is 5.82 Å². The molecular weight excluding hydrogens is 352 g/mol. The summed E-state index contributed by atoms with van der Waals surface area (Å²) in [4.78, 5) is 3.94. The van der Waals surface area contributed by atoms with Gasteiger partial charge in [-0.25, -0.2) is 24.0 Å². The minimum Gasteiger partial charge on any atom is -0.307 e. The number of anilines is 1. The zero-order chi connectivity index (χ0) is 14.7. The standard InChI is InChI=1S/C10H17BrN4O2S2/c1-10(2,18-3)6-14-19(16,17)8-4-7(11)5-13-9(8)15-12/h4-5,14H,6,12H2,1-3H3,(H,13,15). The van der Waals surface area contributed by atoms with E-state index in [-0.39, 0.29) is 15.5 Å². The lowest BCUT2D eigenvalue weighted by molar-refractivity contribution is 0.570. The molecule has 0 bridgehead atoms. The minimum absolute atomic E-state index is 0.0151. The van der Waals surface area contributed by atoms with Crippen molar-refractivity contribution in [1.82, 2.24) is 9.71 Å². The lowest BCUT2D eigenvalue weighted by Crippen LogP contribution is -2.36. The van der Waals surface area contributed by atoms with E-state index in [1.807, 2.05) is 20.1 Å². The van der Waals surface area contributed by atoms with E-state index in [1.54, 1.807) is 11.8 Å². The predicted molar refractivity (Wildman–Crippen MR) is 82.5 cm³/mol. The number of hydrazine groups is 1. The van der Waals surface area contributed by atoms with Crippen molar-refractivity contribution in [2.45, 2.75) is 23.5 Å². The number of nitrogens with two attached hydrogens (primary N) is 1. The first-order valence-corrected chi connectivity index (χ1v) is 8.89. The van der Waals surface area contributed by atoms with Gasteiger partial charge in [0.1, 0.15) is 4.90 Å². The van der Waals surface area contributed by atoms with Crippen LogP contribution in [0.25, 0.3) is 0 Å². The van der Waals surface area contributed by atoms with Gasteiger partial charge in [-0.05, 0) is 42.1 Å². The number of nitrogens with one attached hydrogen (secondary N) is 2. The Labute approximate surface area is 126 Å². The molecule has 0 fully saturated rings. The van der Waals surface area contributed by atoms with Crippen molar-refractivity contribution >= 4 is 43.5 Å². The third-order valence-electron chi connectivity index (χ3n) is 2.49. The zero-order valence-corrected chi connectivity index (χ0v) is 14.1. The first-order valence-electron chi connectivity index (χ1n) is 5.39. The highest BCUT2D eigenvalue weighted by atomic mass is 79.9. The number of halogens is 1.